The predicted octanol–water partition coefficient (Wildman–Crippen LogP) is 7.41. The first-order valence-electron chi connectivity index (χ1n) is 13.9. The standard InChI is InChI=1S/C31H30Cl2N4O3/c1-38-25-10-20(3-5-24(25)39-15-16-2-4-22(32)23(33)9-16)26-21(14-34)29(35)40-30-27(26)28(36-37-30)31-11-17-6-18(12-31)8-19(7-17)13-31/h2-5,9-10,17-19,21,26,35H,6-8,11-13,15H2,1H3,(H,36,37). The molecule has 4 aliphatic carbocycles. The fourth-order valence-electron chi connectivity index (χ4n) is 8.29. The van der Waals surface area contributed by atoms with Gasteiger partial charge in [-0.2, -0.15) is 5.26 Å². The number of aromatic amines is 1. The summed E-state index contributed by atoms with van der Waals surface area (Å²) in [5.41, 5.74) is 3.82. The number of nitrogens with zero attached hydrogens (tertiary/aromatic N) is 2. The van der Waals surface area contributed by atoms with E-state index in [0.29, 0.717) is 27.4 Å². The second-order valence-electron chi connectivity index (χ2n) is 12.0. The predicted molar refractivity (Wildman–Crippen MR) is 152 cm³/mol. The average Bonchev–Trinajstić information content (AvgIpc) is 3.36. The lowest BCUT2D eigenvalue weighted by Gasteiger charge is -2.56. The van der Waals surface area contributed by atoms with Gasteiger partial charge in [-0.25, -0.2) is 0 Å². The van der Waals surface area contributed by atoms with Gasteiger partial charge in [-0.05, 0) is 91.7 Å². The highest BCUT2D eigenvalue weighted by Crippen LogP contribution is 2.62. The Morgan fingerprint density at radius 2 is 1.77 bits per heavy atom. The van der Waals surface area contributed by atoms with E-state index in [1.54, 1.807) is 19.2 Å². The third-order valence-electron chi connectivity index (χ3n) is 9.54. The summed E-state index contributed by atoms with van der Waals surface area (Å²) < 4.78 is 17.7. The molecule has 4 bridgehead atoms. The third-order valence-corrected chi connectivity index (χ3v) is 10.3. The molecule has 9 heteroatoms. The Labute approximate surface area is 243 Å². The van der Waals surface area contributed by atoms with Gasteiger partial charge in [0, 0.05) is 22.6 Å². The Balaban J connectivity index is 1.25. The zero-order chi connectivity index (χ0) is 27.6. The Hall–Kier alpha value is -3.21. The molecule has 1 aliphatic heterocycles. The number of hydrogen-bond acceptors (Lipinski definition) is 6. The van der Waals surface area contributed by atoms with E-state index >= 15 is 0 Å². The molecule has 0 radical (unpaired) electrons. The summed E-state index contributed by atoms with van der Waals surface area (Å²) in [6.45, 7) is 0.289. The van der Waals surface area contributed by atoms with E-state index in [0.717, 1.165) is 59.4 Å². The molecule has 0 amide bonds. The van der Waals surface area contributed by atoms with E-state index < -0.39 is 11.8 Å². The molecule has 0 spiro atoms. The molecule has 4 fully saturated rings. The second kappa shape index (κ2) is 9.71. The first-order chi connectivity index (χ1) is 19.4. The molecule has 5 aliphatic rings. The van der Waals surface area contributed by atoms with E-state index in [2.05, 4.69) is 16.3 Å². The van der Waals surface area contributed by atoms with Gasteiger partial charge in [-0.3, -0.25) is 10.5 Å². The van der Waals surface area contributed by atoms with Crippen molar-refractivity contribution in [1.82, 2.24) is 10.2 Å². The van der Waals surface area contributed by atoms with Gasteiger partial charge in [0.15, 0.2) is 11.5 Å². The van der Waals surface area contributed by atoms with Crippen molar-refractivity contribution in [3.63, 3.8) is 0 Å². The highest BCUT2D eigenvalue weighted by molar-refractivity contribution is 6.42. The average molecular weight is 578 g/mol. The number of nitriles is 1. The van der Waals surface area contributed by atoms with Gasteiger partial charge in [0.2, 0.25) is 11.8 Å². The summed E-state index contributed by atoms with van der Waals surface area (Å²) in [7, 11) is 1.60. The van der Waals surface area contributed by atoms with Crippen molar-refractivity contribution in [2.45, 2.75) is 56.5 Å². The van der Waals surface area contributed by atoms with Crippen molar-refractivity contribution in [1.29, 1.82) is 10.7 Å². The number of hydrogen-bond donors (Lipinski definition) is 2. The highest BCUT2D eigenvalue weighted by atomic mass is 35.5. The van der Waals surface area contributed by atoms with Gasteiger partial charge in [-0.15, -0.1) is 5.10 Å². The lowest BCUT2D eigenvalue weighted by atomic mass is 9.48. The normalized spacial score (nSPS) is 29.9. The van der Waals surface area contributed by atoms with Crippen LogP contribution in [0.5, 0.6) is 17.4 Å². The van der Waals surface area contributed by atoms with Crippen molar-refractivity contribution in [2.24, 2.45) is 23.7 Å². The summed E-state index contributed by atoms with van der Waals surface area (Å²) in [4.78, 5) is 0. The number of methoxy groups -OCH3 is 1. The molecule has 1 aromatic heterocycles. The van der Waals surface area contributed by atoms with E-state index in [4.69, 9.17) is 42.8 Å². The first kappa shape index (κ1) is 25.7. The van der Waals surface area contributed by atoms with Gasteiger partial charge in [0.25, 0.3) is 0 Å². The van der Waals surface area contributed by atoms with Crippen LogP contribution in [0.15, 0.2) is 36.4 Å². The molecule has 0 saturated heterocycles. The van der Waals surface area contributed by atoms with Gasteiger partial charge in [0.05, 0.1) is 23.2 Å². The first-order valence-corrected chi connectivity index (χ1v) is 14.6. The van der Waals surface area contributed by atoms with Gasteiger partial charge < -0.3 is 14.2 Å². The minimum absolute atomic E-state index is 0.0312. The van der Waals surface area contributed by atoms with Crippen LogP contribution in [0.1, 0.15) is 66.8 Å². The van der Waals surface area contributed by atoms with Gasteiger partial charge >= 0.3 is 0 Å². The maximum Gasteiger partial charge on any atom is 0.243 e. The Bertz CT molecular complexity index is 1510. The van der Waals surface area contributed by atoms with E-state index in [-0.39, 0.29) is 17.9 Å². The molecule has 40 heavy (non-hydrogen) atoms. The Kier molecular flexibility index (Phi) is 6.25. The lowest BCUT2D eigenvalue weighted by molar-refractivity contribution is -0.00777. The summed E-state index contributed by atoms with van der Waals surface area (Å²) >= 11 is 12.2. The van der Waals surface area contributed by atoms with Crippen LogP contribution in [0, 0.1) is 40.4 Å². The molecule has 4 saturated carbocycles. The van der Waals surface area contributed by atoms with Crippen LogP contribution in [0.4, 0.5) is 0 Å². The van der Waals surface area contributed by atoms with Crippen molar-refractivity contribution in [3.8, 4) is 23.4 Å². The molecule has 8 rings (SSSR count). The number of benzene rings is 2. The minimum Gasteiger partial charge on any atom is -0.493 e. The number of H-pyrrole nitrogens is 1. The molecule has 2 N–H and O–H groups in total. The molecule has 2 heterocycles. The number of fused-ring (bicyclic) bond motifs is 1. The molecule has 2 aromatic carbocycles. The fraction of sp³-hybridized carbons (Fsp3) is 0.452. The third kappa shape index (κ3) is 4.15. The summed E-state index contributed by atoms with van der Waals surface area (Å²) in [6.07, 6.45) is 7.46. The topological polar surface area (TPSA) is 104 Å². The van der Waals surface area contributed by atoms with Crippen LogP contribution in [-0.2, 0) is 12.0 Å². The van der Waals surface area contributed by atoms with Crippen LogP contribution in [0.3, 0.4) is 0 Å². The summed E-state index contributed by atoms with van der Waals surface area (Å²) in [6, 6.07) is 13.5. The fourth-order valence-corrected chi connectivity index (χ4v) is 8.61. The molecule has 2 atom stereocenters. The van der Waals surface area contributed by atoms with Crippen molar-refractivity contribution in [2.75, 3.05) is 7.11 Å². The molecule has 7 nitrogen and oxygen atoms in total. The van der Waals surface area contributed by atoms with Gasteiger partial charge in [0.1, 0.15) is 12.5 Å². The number of halogens is 2. The molecular weight excluding hydrogens is 547 g/mol. The second-order valence-corrected chi connectivity index (χ2v) is 12.8. The lowest BCUT2D eigenvalue weighted by Crippen LogP contribution is -2.49. The number of ether oxygens (including phenoxy) is 3. The van der Waals surface area contributed by atoms with Gasteiger partial charge in [-0.1, -0.05) is 35.3 Å². The monoisotopic (exact) mass is 576 g/mol. The largest absolute Gasteiger partial charge is 0.493 e. The minimum atomic E-state index is -0.773. The van der Waals surface area contributed by atoms with E-state index in [1.165, 1.54) is 19.3 Å². The Morgan fingerprint density at radius 3 is 2.42 bits per heavy atom. The smallest absolute Gasteiger partial charge is 0.243 e. The molecule has 3 aromatic rings. The van der Waals surface area contributed by atoms with Crippen molar-refractivity contribution >= 4 is 29.1 Å². The summed E-state index contributed by atoms with van der Waals surface area (Å²) in [5, 5.41) is 27.7. The quantitative estimate of drug-likeness (QED) is 0.318. The maximum absolute atomic E-state index is 10.2. The van der Waals surface area contributed by atoms with Crippen LogP contribution < -0.4 is 14.2 Å². The number of aromatic nitrogens is 2. The van der Waals surface area contributed by atoms with Crippen LogP contribution >= 0.6 is 23.2 Å². The highest BCUT2D eigenvalue weighted by Gasteiger charge is 2.55. The SMILES string of the molecule is COc1cc(C2c3c(n[nH]c3C34CC5CC(CC(C5)C3)C4)OC(=N)C2C#N)ccc1OCc1ccc(Cl)c(Cl)c1. The molecule has 206 valence electrons. The van der Waals surface area contributed by atoms with Crippen molar-refractivity contribution < 1.29 is 14.2 Å². The molecular formula is C31H30Cl2N4O3. The van der Waals surface area contributed by atoms with Crippen LogP contribution in [0.25, 0.3) is 0 Å². The van der Waals surface area contributed by atoms with E-state index in [9.17, 15) is 5.26 Å². The Morgan fingerprint density at radius 1 is 1.05 bits per heavy atom. The van der Waals surface area contributed by atoms with Crippen molar-refractivity contribution in [3.05, 3.63) is 68.8 Å². The summed E-state index contributed by atoms with van der Waals surface area (Å²) in [5.74, 6) is 2.55. The number of rotatable bonds is 6. The zero-order valence-electron chi connectivity index (χ0n) is 22.2. The molecule has 2 unspecified atom stereocenters. The zero-order valence-corrected chi connectivity index (χ0v) is 23.7. The van der Waals surface area contributed by atoms with Crippen LogP contribution in [-0.4, -0.2) is 23.2 Å². The van der Waals surface area contributed by atoms with E-state index in [1.807, 2.05) is 24.3 Å². The maximum atomic E-state index is 10.2. The number of nitrogens with one attached hydrogen (secondary N) is 2. The van der Waals surface area contributed by atoms with Crippen LogP contribution in [0.2, 0.25) is 10.0 Å².